The zero-order valence-corrected chi connectivity index (χ0v) is 10.8. The van der Waals surface area contributed by atoms with E-state index >= 15 is 0 Å². The summed E-state index contributed by atoms with van der Waals surface area (Å²) in [6, 6.07) is 7.68. The van der Waals surface area contributed by atoms with Gasteiger partial charge in [-0.25, -0.2) is 5.26 Å². The highest BCUT2D eigenvalue weighted by Gasteiger charge is 2.02. The molecule has 1 aromatic rings. The Kier molecular flexibility index (Phi) is 7.48. The summed E-state index contributed by atoms with van der Waals surface area (Å²) in [7, 11) is 0. The molecule has 0 amide bonds. The summed E-state index contributed by atoms with van der Waals surface area (Å²) in [6.07, 6.45) is 10.1. The lowest BCUT2D eigenvalue weighted by atomic mass is 10.0. The molecular weight excluding hydrogens is 212 g/mol. The Hall–Kier alpha value is -1.02. The SMILES string of the molecule is CCCCCCCCCc1ccccc1OO. The largest absolute Gasteiger partial charge is 0.340 e. The van der Waals surface area contributed by atoms with Crippen LogP contribution < -0.4 is 4.89 Å². The van der Waals surface area contributed by atoms with E-state index in [1.165, 1.54) is 44.9 Å². The highest BCUT2D eigenvalue weighted by Crippen LogP contribution is 2.20. The molecule has 17 heavy (non-hydrogen) atoms. The molecular formula is C15H24O2. The fourth-order valence-corrected chi connectivity index (χ4v) is 2.07. The van der Waals surface area contributed by atoms with E-state index in [1.54, 1.807) is 6.07 Å². The molecule has 0 aliphatic heterocycles. The Balaban J connectivity index is 2.13. The predicted molar refractivity (Wildman–Crippen MR) is 71.4 cm³/mol. The quantitative estimate of drug-likeness (QED) is 0.378. The average Bonchev–Trinajstić information content (AvgIpc) is 2.38. The van der Waals surface area contributed by atoms with Gasteiger partial charge in [0.25, 0.3) is 0 Å². The maximum Gasteiger partial charge on any atom is 0.168 e. The van der Waals surface area contributed by atoms with E-state index in [1.807, 2.05) is 18.2 Å². The van der Waals surface area contributed by atoms with E-state index in [4.69, 9.17) is 5.26 Å². The molecule has 1 aromatic carbocycles. The Morgan fingerprint density at radius 2 is 1.59 bits per heavy atom. The van der Waals surface area contributed by atoms with Crippen LogP contribution in [-0.4, -0.2) is 5.26 Å². The molecule has 0 radical (unpaired) electrons. The number of hydrogen-bond donors (Lipinski definition) is 1. The van der Waals surface area contributed by atoms with E-state index in [2.05, 4.69) is 11.8 Å². The van der Waals surface area contributed by atoms with E-state index < -0.39 is 0 Å². The molecule has 0 aliphatic carbocycles. The molecule has 96 valence electrons. The van der Waals surface area contributed by atoms with Crippen LogP contribution in [0.15, 0.2) is 24.3 Å². The number of aryl methyl sites for hydroxylation is 1. The number of hydrogen-bond acceptors (Lipinski definition) is 2. The van der Waals surface area contributed by atoms with Crippen molar-refractivity contribution in [3.05, 3.63) is 29.8 Å². The summed E-state index contributed by atoms with van der Waals surface area (Å²) in [5, 5.41) is 8.72. The second-order valence-electron chi connectivity index (χ2n) is 4.57. The van der Waals surface area contributed by atoms with Gasteiger partial charge >= 0.3 is 0 Å². The first-order chi connectivity index (χ1) is 8.38. The zero-order valence-electron chi connectivity index (χ0n) is 10.8. The molecule has 0 aromatic heterocycles. The molecule has 1 N–H and O–H groups in total. The molecule has 0 aliphatic rings. The fraction of sp³-hybridized carbons (Fsp3) is 0.600. The van der Waals surface area contributed by atoms with Gasteiger partial charge < -0.3 is 4.89 Å². The van der Waals surface area contributed by atoms with E-state index in [0.717, 1.165) is 12.0 Å². The van der Waals surface area contributed by atoms with Gasteiger partial charge in [0.05, 0.1) is 0 Å². The van der Waals surface area contributed by atoms with Crippen molar-refractivity contribution in [3.8, 4) is 5.75 Å². The van der Waals surface area contributed by atoms with Gasteiger partial charge in [0.1, 0.15) is 0 Å². The smallest absolute Gasteiger partial charge is 0.168 e. The average molecular weight is 236 g/mol. The summed E-state index contributed by atoms with van der Waals surface area (Å²) in [4.78, 5) is 4.36. The molecule has 0 unspecified atom stereocenters. The molecule has 0 spiro atoms. The lowest BCUT2D eigenvalue weighted by Crippen LogP contribution is -1.92. The van der Waals surface area contributed by atoms with Crippen LogP contribution in [0.3, 0.4) is 0 Å². The van der Waals surface area contributed by atoms with Crippen LogP contribution in [-0.2, 0) is 6.42 Å². The highest BCUT2D eigenvalue weighted by atomic mass is 17.1. The van der Waals surface area contributed by atoms with Gasteiger partial charge in [-0.05, 0) is 24.5 Å². The third-order valence-corrected chi connectivity index (χ3v) is 3.12. The molecule has 0 atom stereocenters. The van der Waals surface area contributed by atoms with Crippen LogP contribution in [0.25, 0.3) is 0 Å². The number of para-hydroxylation sites is 1. The van der Waals surface area contributed by atoms with Gasteiger partial charge in [0.2, 0.25) is 0 Å². The van der Waals surface area contributed by atoms with Crippen molar-refractivity contribution in [2.24, 2.45) is 0 Å². The number of benzene rings is 1. The van der Waals surface area contributed by atoms with Crippen molar-refractivity contribution < 1.29 is 10.1 Å². The minimum Gasteiger partial charge on any atom is -0.340 e. The van der Waals surface area contributed by atoms with Crippen LogP contribution >= 0.6 is 0 Å². The Labute approximate surface area is 105 Å². The van der Waals surface area contributed by atoms with Crippen molar-refractivity contribution in [1.82, 2.24) is 0 Å². The zero-order chi connectivity index (χ0) is 12.3. The monoisotopic (exact) mass is 236 g/mol. The van der Waals surface area contributed by atoms with Gasteiger partial charge in [-0.3, -0.25) is 0 Å². The molecule has 0 heterocycles. The lowest BCUT2D eigenvalue weighted by Gasteiger charge is -2.05. The second kappa shape index (κ2) is 9.06. The Morgan fingerprint density at radius 3 is 2.29 bits per heavy atom. The van der Waals surface area contributed by atoms with Crippen molar-refractivity contribution >= 4 is 0 Å². The topological polar surface area (TPSA) is 29.5 Å². The van der Waals surface area contributed by atoms with Crippen molar-refractivity contribution in [2.45, 2.75) is 58.3 Å². The first kappa shape index (κ1) is 14.0. The van der Waals surface area contributed by atoms with Crippen LogP contribution in [0.5, 0.6) is 5.75 Å². The van der Waals surface area contributed by atoms with Crippen LogP contribution in [0.4, 0.5) is 0 Å². The standard InChI is InChI=1S/C15H24O2/c1-2-3-4-5-6-7-8-11-14-12-9-10-13-15(14)17-16/h9-10,12-13,16H,2-8,11H2,1H3. The number of unbranched alkanes of at least 4 members (excludes halogenated alkanes) is 6. The normalized spacial score (nSPS) is 10.5. The van der Waals surface area contributed by atoms with Crippen LogP contribution in [0.2, 0.25) is 0 Å². The fourth-order valence-electron chi connectivity index (χ4n) is 2.07. The lowest BCUT2D eigenvalue weighted by molar-refractivity contribution is -0.138. The van der Waals surface area contributed by atoms with Gasteiger partial charge in [-0.15, -0.1) is 0 Å². The molecule has 2 nitrogen and oxygen atoms in total. The molecule has 0 fully saturated rings. The molecule has 0 saturated heterocycles. The van der Waals surface area contributed by atoms with Crippen LogP contribution in [0, 0.1) is 0 Å². The van der Waals surface area contributed by atoms with Gasteiger partial charge in [-0.1, -0.05) is 63.6 Å². The minimum absolute atomic E-state index is 0.596. The van der Waals surface area contributed by atoms with Crippen molar-refractivity contribution in [3.63, 3.8) is 0 Å². The summed E-state index contributed by atoms with van der Waals surface area (Å²) >= 11 is 0. The molecule has 0 saturated carbocycles. The van der Waals surface area contributed by atoms with Gasteiger partial charge in [0, 0.05) is 0 Å². The highest BCUT2D eigenvalue weighted by molar-refractivity contribution is 5.32. The maximum absolute atomic E-state index is 8.72. The first-order valence-corrected chi connectivity index (χ1v) is 6.77. The third kappa shape index (κ3) is 5.73. The Morgan fingerprint density at radius 1 is 0.941 bits per heavy atom. The second-order valence-corrected chi connectivity index (χ2v) is 4.57. The van der Waals surface area contributed by atoms with Crippen LogP contribution in [0.1, 0.15) is 57.4 Å². The molecule has 1 rings (SSSR count). The Bertz CT molecular complexity index is 297. The van der Waals surface area contributed by atoms with E-state index in [-0.39, 0.29) is 0 Å². The molecule has 0 bridgehead atoms. The summed E-state index contributed by atoms with van der Waals surface area (Å²) in [6.45, 7) is 2.24. The van der Waals surface area contributed by atoms with E-state index in [0.29, 0.717) is 5.75 Å². The maximum atomic E-state index is 8.72. The first-order valence-electron chi connectivity index (χ1n) is 6.77. The minimum atomic E-state index is 0.596. The summed E-state index contributed by atoms with van der Waals surface area (Å²) in [5.74, 6) is 0.596. The van der Waals surface area contributed by atoms with Crippen molar-refractivity contribution in [2.75, 3.05) is 0 Å². The predicted octanol–water partition coefficient (Wildman–Crippen LogP) is 4.83. The summed E-state index contributed by atoms with van der Waals surface area (Å²) < 4.78 is 0. The summed E-state index contributed by atoms with van der Waals surface area (Å²) in [5.41, 5.74) is 1.10. The third-order valence-electron chi connectivity index (χ3n) is 3.12. The molecule has 2 heteroatoms. The van der Waals surface area contributed by atoms with Gasteiger partial charge in [-0.2, -0.15) is 0 Å². The van der Waals surface area contributed by atoms with Gasteiger partial charge in [0.15, 0.2) is 5.75 Å². The van der Waals surface area contributed by atoms with Crippen molar-refractivity contribution in [1.29, 1.82) is 0 Å². The van der Waals surface area contributed by atoms with E-state index in [9.17, 15) is 0 Å². The number of rotatable bonds is 9.